The minimum Gasteiger partial charge on any atom is -0.490 e. The third kappa shape index (κ3) is 7.11. The van der Waals surface area contributed by atoms with Crippen molar-refractivity contribution in [2.24, 2.45) is 10.1 Å². The second-order valence-electron chi connectivity index (χ2n) is 8.79. The maximum absolute atomic E-state index is 13.1. The maximum atomic E-state index is 13.1. The Morgan fingerprint density at radius 3 is 2.93 bits per heavy atom. The highest BCUT2D eigenvalue weighted by atomic mass is 79.9. The summed E-state index contributed by atoms with van der Waals surface area (Å²) in [4.78, 5) is 17.6. The fourth-order valence-corrected chi connectivity index (χ4v) is 6.47. The van der Waals surface area contributed by atoms with Gasteiger partial charge in [-0.05, 0) is 63.4 Å². The zero-order valence-corrected chi connectivity index (χ0v) is 25.8. The molecular weight excluding hydrogens is 646 g/mol. The fraction of sp³-hybridized carbons (Fsp3) is 0.269. The van der Waals surface area contributed by atoms with Gasteiger partial charge in [0.25, 0.3) is 5.91 Å². The molecule has 0 bridgehead atoms. The highest BCUT2D eigenvalue weighted by Gasteiger charge is 2.25. The van der Waals surface area contributed by atoms with Crippen molar-refractivity contribution < 1.29 is 18.9 Å². The first-order chi connectivity index (χ1) is 20.4. The van der Waals surface area contributed by atoms with E-state index in [1.54, 1.807) is 17.8 Å². The van der Waals surface area contributed by atoms with Crippen molar-refractivity contribution in [2.45, 2.75) is 26.2 Å². The van der Waals surface area contributed by atoms with Crippen LogP contribution in [-0.2, 0) is 12.4 Å². The Balaban J connectivity index is 1.31. The molecule has 1 aliphatic rings. The van der Waals surface area contributed by atoms with Crippen LogP contribution in [0.5, 0.6) is 11.5 Å². The number of benzene rings is 2. The number of anilines is 1. The van der Waals surface area contributed by atoms with Crippen LogP contribution >= 0.6 is 39.5 Å². The summed E-state index contributed by atoms with van der Waals surface area (Å²) in [5.41, 5.74) is 11.8. The molecule has 42 heavy (non-hydrogen) atoms. The van der Waals surface area contributed by atoms with Gasteiger partial charge in [0.1, 0.15) is 11.0 Å². The number of nitrogens with zero attached hydrogens (tertiary/aromatic N) is 7. The quantitative estimate of drug-likeness (QED) is 0.171. The molecule has 0 unspecified atom stereocenters. The number of thioether (sulfide) groups is 2. The fourth-order valence-electron chi connectivity index (χ4n) is 3.89. The molecule has 2 aromatic carbocycles. The summed E-state index contributed by atoms with van der Waals surface area (Å²) < 4.78 is 19.6. The van der Waals surface area contributed by atoms with E-state index in [-0.39, 0.29) is 17.3 Å². The SMILES string of the molecule is CCOc1cc(/C=N\NC(=O)c2nnn(-c3nonc3N)c2CSC2=NCCS2)cc(Br)c1OCc1cccc(C)c1. The molecule has 0 saturated carbocycles. The van der Waals surface area contributed by atoms with Gasteiger partial charge < -0.3 is 15.2 Å². The van der Waals surface area contributed by atoms with Crippen LogP contribution in [-0.4, -0.2) is 60.7 Å². The van der Waals surface area contributed by atoms with E-state index in [0.29, 0.717) is 46.2 Å². The number of aromatic nitrogens is 5. The Bertz CT molecular complexity index is 1640. The van der Waals surface area contributed by atoms with E-state index in [0.717, 1.165) is 27.8 Å². The highest BCUT2D eigenvalue weighted by Crippen LogP contribution is 2.37. The van der Waals surface area contributed by atoms with E-state index >= 15 is 0 Å². The van der Waals surface area contributed by atoms with E-state index < -0.39 is 5.91 Å². The van der Waals surface area contributed by atoms with Crippen molar-refractivity contribution in [1.82, 2.24) is 30.7 Å². The van der Waals surface area contributed by atoms with Crippen molar-refractivity contribution >= 4 is 61.8 Å². The number of ether oxygens (including phenoxy) is 2. The molecule has 218 valence electrons. The second kappa shape index (κ2) is 13.8. The number of nitrogen functional groups attached to an aromatic ring is 1. The van der Waals surface area contributed by atoms with E-state index in [1.807, 2.05) is 38.1 Å². The average molecular weight is 673 g/mol. The van der Waals surface area contributed by atoms with Crippen LogP contribution in [0.3, 0.4) is 0 Å². The summed E-state index contributed by atoms with van der Waals surface area (Å²) in [6.45, 7) is 5.51. The van der Waals surface area contributed by atoms with Gasteiger partial charge in [-0.15, -0.1) is 5.10 Å². The molecular formula is C26H26BrN9O4S2. The first-order valence-electron chi connectivity index (χ1n) is 12.7. The smallest absolute Gasteiger partial charge is 0.293 e. The van der Waals surface area contributed by atoms with Crippen LogP contribution in [0.15, 0.2) is 55.6 Å². The number of amides is 1. The number of aryl methyl sites for hydroxylation is 1. The third-order valence-electron chi connectivity index (χ3n) is 5.74. The van der Waals surface area contributed by atoms with E-state index in [1.165, 1.54) is 22.7 Å². The van der Waals surface area contributed by atoms with Crippen LogP contribution in [0, 0.1) is 6.92 Å². The monoisotopic (exact) mass is 671 g/mol. The number of hydrazone groups is 1. The zero-order valence-electron chi connectivity index (χ0n) is 22.6. The molecule has 0 atom stereocenters. The maximum Gasteiger partial charge on any atom is 0.293 e. The molecule has 4 aromatic rings. The molecule has 0 spiro atoms. The molecule has 5 rings (SSSR count). The van der Waals surface area contributed by atoms with E-state index in [9.17, 15) is 4.79 Å². The third-order valence-corrected chi connectivity index (χ3v) is 8.59. The van der Waals surface area contributed by atoms with Crippen LogP contribution in [0.1, 0.15) is 39.8 Å². The van der Waals surface area contributed by atoms with Crippen molar-refractivity contribution in [3.63, 3.8) is 0 Å². The molecule has 0 fully saturated rings. The average Bonchev–Trinajstić information content (AvgIpc) is 3.73. The number of carbonyl (C=O) groups excluding carboxylic acids is 1. The molecule has 3 heterocycles. The first kappa shape index (κ1) is 29.6. The van der Waals surface area contributed by atoms with Gasteiger partial charge in [0, 0.05) is 11.5 Å². The number of rotatable bonds is 11. The van der Waals surface area contributed by atoms with Gasteiger partial charge in [-0.2, -0.15) is 9.78 Å². The normalized spacial score (nSPS) is 13.0. The Morgan fingerprint density at radius 1 is 1.31 bits per heavy atom. The zero-order chi connectivity index (χ0) is 29.5. The minimum atomic E-state index is -0.564. The lowest BCUT2D eigenvalue weighted by atomic mass is 10.1. The lowest BCUT2D eigenvalue weighted by Gasteiger charge is -2.15. The molecule has 2 aromatic heterocycles. The largest absolute Gasteiger partial charge is 0.490 e. The van der Waals surface area contributed by atoms with Gasteiger partial charge in [-0.1, -0.05) is 58.6 Å². The molecule has 0 radical (unpaired) electrons. The number of aliphatic imine (C=N–C) groups is 1. The molecule has 3 N–H and O–H groups in total. The summed E-state index contributed by atoms with van der Waals surface area (Å²) >= 11 is 6.69. The Labute approximate surface area is 257 Å². The first-order valence-corrected chi connectivity index (χ1v) is 15.5. The predicted octanol–water partition coefficient (Wildman–Crippen LogP) is 4.38. The molecule has 16 heteroatoms. The Kier molecular flexibility index (Phi) is 9.76. The summed E-state index contributed by atoms with van der Waals surface area (Å²) in [6.07, 6.45) is 1.50. The van der Waals surface area contributed by atoms with Gasteiger partial charge in [-0.25, -0.2) is 10.1 Å². The summed E-state index contributed by atoms with van der Waals surface area (Å²) in [5.74, 6) is 1.97. The molecule has 0 aliphatic carbocycles. The molecule has 13 nitrogen and oxygen atoms in total. The Morgan fingerprint density at radius 2 is 2.19 bits per heavy atom. The highest BCUT2D eigenvalue weighted by molar-refractivity contribution is 9.10. The van der Waals surface area contributed by atoms with Gasteiger partial charge in [0.05, 0.1) is 29.5 Å². The predicted molar refractivity (Wildman–Crippen MR) is 166 cm³/mol. The van der Waals surface area contributed by atoms with E-state index in [2.05, 4.69) is 58.1 Å². The summed E-state index contributed by atoms with van der Waals surface area (Å²) in [5, 5.41) is 19.6. The topological polar surface area (TPSA) is 168 Å². The van der Waals surface area contributed by atoms with Crippen LogP contribution in [0.25, 0.3) is 5.82 Å². The number of nitrogens with two attached hydrogens (primary N) is 1. The number of hydrogen-bond acceptors (Lipinski definition) is 13. The van der Waals surface area contributed by atoms with Crippen LogP contribution in [0.2, 0.25) is 0 Å². The number of halogens is 1. The summed E-state index contributed by atoms with van der Waals surface area (Å²) in [6, 6.07) is 11.7. The van der Waals surface area contributed by atoms with Gasteiger partial charge in [0.15, 0.2) is 17.2 Å². The summed E-state index contributed by atoms with van der Waals surface area (Å²) in [7, 11) is 0. The van der Waals surface area contributed by atoms with Crippen LogP contribution < -0.4 is 20.6 Å². The molecule has 0 saturated heterocycles. The minimum absolute atomic E-state index is 0.0192. The Hall–Kier alpha value is -3.89. The molecule has 1 aliphatic heterocycles. The second-order valence-corrected chi connectivity index (χ2v) is 12.0. The lowest BCUT2D eigenvalue weighted by molar-refractivity contribution is 0.0949. The van der Waals surface area contributed by atoms with Gasteiger partial charge >= 0.3 is 0 Å². The molecule has 1 amide bonds. The van der Waals surface area contributed by atoms with Crippen molar-refractivity contribution in [2.75, 3.05) is 24.6 Å². The van der Waals surface area contributed by atoms with E-state index in [4.69, 9.17) is 19.8 Å². The number of carbonyl (C=O) groups is 1. The van der Waals surface area contributed by atoms with Crippen molar-refractivity contribution in [1.29, 1.82) is 0 Å². The number of nitrogens with one attached hydrogen (secondary N) is 1. The van der Waals surface area contributed by atoms with Crippen LogP contribution in [0.4, 0.5) is 5.82 Å². The van der Waals surface area contributed by atoms with Gasteiger partial charge in [-0.3, -0.25) is 9.79 Å². The number of hydrogen-bond donors (Lipinski definition) is 2. The van der Waals surface area contributed by atoms with Crippen molar-refractivity contribution in [3.8, 4) is 17.3 Å². The van der Waals surface area contributed by atoms with Crippen molar-refractivity contribution in [3.05, 3.63) is 68.9 Å². The standard InChI is InChI=1S/C26H26BrN9O4S2/c1-3-38-20-11-17(10-18(27)22(20)39-13-16-6-4-5-15(2)9-16)12-30-32-25(37)21-19(14-42-26-29-7-8-41-26)36(35-31-21)24-23(28)33-40-34-24/h4-6,9-12H,3,7-8,13-14H2,1-2H3,(H2,28,33)(H,32,37)/b30-12-. The lowest BCUT2D eigenvalue weighted by Crippen LogP contribution is -2.20. The van der Waals surface area contributed by atoms with Gasteiger partial charge in [0.2, 0.25) is 11.6 Å².